The Morgan fingerprint density at radius 1 is 1.50 bits per heavy atom. The fraction of sp³-hybridized carbons (Fsp3) is 0.333. The van der Waals surface area contributed by atoms with E-state index in [4.69, 9.17) is 10.8 Å². The fourth-order valence-electron chi connectivity index (χ4n) is 0.922. The first-order chi connectivity index (χ1) is 6.31. The first-order valence-corrected chi connectivity index (χ1v) is 3.47. The summed E-state index contributed by atoms with van der Waals surface area (Å²) in [5.41, 5.74) is 2.37. The van der Waals surface area contributed by atoms with Crippen LogP contribution in [0.4, 0.5) is 4.79 Å². The molecule has 4 amide bonds. The lowest BCUT2D eigenvalue weighted by atomic mass is 9.96. The van der Waals surface area contributed by atoms with Crippen LogP contribution in [0.2, 0.25) is 0 Å². The van der Waals surface area contributed by atoms with Crippen molar-refractivity contribution in [1.82, 2.24) is 10.2 Å². The Morgan fingerprint density at radius 3 is 2.43 bits per heavy atom. The van der Waals surface area contributed by atoms with Gasteiger partial charge in [-0.05, 0) is 0 Å². The van der Waals surface area contributed by atoms with Crippen LogP contribution < -0.4 is 11.1 Å². The van der Waals surface area contributed by atoms with E-state index in [1.54, 1.807) is 5.32 Å². The summed E-state index contributed by atoms with van der Waals surface area (Å²) in [5, 5.41) is 10.3. The summed E-state index contributed by atoms with van der Waals surface area (Å²) in [6, 6.07) is -0.998. The maximum atomic E-state index is 11.2. The standard InChI is InChI=1S/C6H7N3O5/c1-9-3(11)6(7,4(12)13)2(10)8-5(9)14/h7H2,1H3,(H,12,13)(H,8,10,14). The number of carbonyl (C=O) groups excluding carboxylic acids is 3. The molecule has 1 aliphatic heterocycles. The molecule has 0 aromatic rings. The van der Waals surface area contributed by atoms with Gasteiger partial charge in [-0.2, -0.15) is 0 Å². The van der Waals surface area contributed by atoms with Crippen LogP contribution in [0, 0.1) is 0 Å². The quantitative estimate of drug-likeness (QED) is 0.401. The van der Waals surface area contributed by atoms with Gasteiger partial charge in [0.15, 0.2) is 0 Å². The third kappa shape index (κ3) is 1.04. The van der Waals surface area contributed by atoms with Crippen molar-refractivity contribution in [2.45, 2.75) is 5.54 Å². The number of nitrogens with zero attached hydrogens (tertiary/aromatic N) is 1. The number of carboxylic acid groups (broad SMARTS) is 1. The topological polar surface area (TPSA) is 130 Å². The number of nitrogens with one attached hydrogen (secondary N) is 1. The van der Waals surface area contributed by atoms with Gasteiger partial charge < -0.3 is 5.11 Å². The maximum absolute atomic E-state index is 11.2. The number of hydrogen-bond acceptors (Lipinski definition) is 5. The minimum Gasteiger partial charge on any atom is -0.479 e. The highest BCUT2D eigenvalue weighted by Crippen LogP contribution is 2.11. The highest BCUT2D eigenvalue weighted by atomic mass is 16.4. The second kappa shape index (κ2) is 2.77. The molecule has 8 nitrogen and oxygen atoms in total. The Hall–Kier alpha value is -1.96. The predicted molar refractivity (Wildman–Crippen MR) is 40.9 cm³/mol. The number of urea groups is 1. The van der Waals surface area contributed by atoms with Crippen LogP contribution in [-0.2, 0) is 14.4 Å². The first kappa shape index (κ1) is 10.1. The molecule has 76 valence electrons. The lowest BCUT2D eigenvalue weighted by Gasteiger charge is -2.31. The number of imide groups is 2. The summed E-state index contributed by atoms with van der Waals surface area (Å²) in [6.45, 7) is 0. The third-order valence-electron chi connectivity index (χ3n) is 1.86. The van der Waals surface area contributed by atoms with Gasteiger partial charge in [0.05, 0.1) is 0 Å². The van der Waals surface area contributed by atoms with E-state index in [9.17, 15) is 19.2 Å². The van der Waals surface area contributed by atoms with Crippen LogP contribution in [0.5, 0.6) is 0 Å². The lowest BCUT2D eigenvalue weighted by Crippen LogP contribution is -2.74. The van der Waals surface area contributed by atoms with Crippen molar-refractivity contribution in [3.63, 3.8) is 0 Å². The van der Waals surface area contributed by atoms with Gasteiger partial charge in [-0.1, -0.05) is 0 Å². The van der Waals surface area contributed by atoms with E-state index in [0.717, 1.165) is 7.05 Å². The number of aliphatic carboxylic acids is 1. The molecule has 4 N–H and O–H groups in total. The number of rotatable bonds is 1. The van der Waals surface area contributed by atoms with E-state index in [-0.39, 0.29) is 0 Å². The number of carboxylic acids is 1. The number of amides is 4. The van der Waals surface area contributed by atoms with Crippen LogP contribution >= 0.6 is 0 Å². The van der Waals surface area contributed by atoms with E-state index in [1.807, 2.05) is 0 Å². The van der Waals surface area contributed by atoms with E-state index in [1.165, 1.54) is 0 Å². The molecule has 0 saturated carbocycles. The molecule has 1 heterocycles. The molecule has 1 fully saturated rings. The van der Waals surface area contributed by atoms with Gasteiger partial charge in [0.2, 0.25) is 0 Å². The van der Waals surface area contributed by atoms with Gasteiger partial charge in [0, 0.05) is 7.05 Å². The lowest BCUT2D eigenvalue weighted by molar-refractivity contribution is -0.157. The Labute approximate surface area is 77.6 Å². The number of carbonyl (C=O) groups is 4. The fourth-order valence-corrected chi connectivity index (χ4v) is 0.922. The van der Waals surface area contributed by atoms with Crippen molar-refractivity contribution < 1.29 is 24.3 Å². The Bertz CT molecular complexity index is 351. The monoisotopic (exact) mass is 201 g/mol. The number of barbiturate groups is 1. The van der Waals surface area contributed by atoms with Crippen molar-refractivity contribution in [3.05, 3.63) is 0 Å². The maximum Gasteiger partial charge on any atom is 0.343 e. The second-order valence-corrected chi connectivity index (χ2v) is 2.74. The van der Waals surface area contributed by atoms with Crippen molar-refractivity contribution >= 4 is 23.8 Å². The average molecular weight is 201 g/mol. The summed E-state index contributed by atoms with van der Waals surface area (Å²) >= 11 is 0. The van der Waals surface area contributed by atoms with Gasteiger partial charge in [-0.25, -0.2) is 9.59 Å². The number of hydrogen-bond donors (Lipinski definition) is 3. The summed E-state index contributed by atoms with van der Waals surface area (Å²) in [7, 11) is 1.02. The highest BCUT2D eigenvalue weighted by Gasteiger charge is 2.56. The van der Waals surface area contributed by atoms with E-state index in [2.05, 4.69) is 0 Å². The average Bonchev–Trinajstić information content (AvgIpc) is 2.11. The molecule has 14 heavy (non-hydrogen) atoms. The van der Waals surface area contributed by atoms with E-state index < -0.39 is 29.4 Å². The van der Waals surface area contributed by atoms with Gasteiger partial charge in [0.1, 0.15) is 0 Å². The summed E-state index contributed by atoms with van der Waals surface area (Å²) in [5.74, 6) is -4.41. The van der Waals surface area contributed by atoms with Crippen molar-refractivity contribution in [1.29, 1.82) is 0 Å². The van der Waals surface area contributed by atoms with Crippen LogP contribution in [-0.4, -0.2) is 46.4 Å². The predicted octanol–water partition coefficient (Wildman–Crippen LogP) is -2.52. The zero-order valence-electron chi connectivity index (χ0n) is 7.10. The third-order valence-corrected chi connectivity index (χ3v) is 1.86. The van der Waals surface area contributed by atoms with Crippen LogP contribution in [0.25, 0.3) is 0 Å². The zero-order chi connectivity index (χ0) is 11.1. The number of likely N-dealkylation sites (N-methyl/N-ethyl adjacent to an activating group) is 1. The first-order valence-electron chi connectivity index (χ1n) is 3.47. The van der Waals surface area contributed by atoms with E-state index in [0.29, 0.717) is 4.90 Å². The molecular weight excluding hydrogens is 194 g/mol. The molecular formula is C6H7N3O5. The number of nitrogens with two attached hydrogens (primary N) is 1. The SMILES string of the molecule is CN1C(=O)NC(=O)C(N)(C(=O)O)C1=O. The second-order valence-electron chi connectivity index (χ2n) is 2.74. The summed E-state index contributed by atoms with van der Waals surface area (Å²) in [6.07, 6.45) is 0. The largest absolute Gasteiger partial charge is 0.479 e. The molecule has 0 aliphatic carbocycles. The Morgan fingerprint density at radius 2 is 2.00 bits per heavy atom. The molecule has 1 unspecified atom stereocenters. The molecule has 0 radical (unpaired) electrons. The van der Waals surface area contributed by atoms with Gasteiger partial charge >= 0.3 is 12.0 Å². The molecule has 1 saturated heterocycles. The minimum absolute atomic E-state index is 0.440. The van der Waals surface area contributed by atoms with Crippen molar-refractivity contribution in [2.24, 2.45) is 5.73 Å². The normalized spacial score (nSPS) is 27.6. The minimum atomic E-state index is -2.72. The van der Waals surface area contributed by atoms with Crippen molar-refractivity contribution in [2.75, 3.05) is 7.05 Å². The molecule has 0 bridgehead atoms. The van der Waals surface area contributed by atoms with Crippen molar-refractivity contribution in [3.8, 4) is 0 Å². The van der Waals surface area contributed by atoms with Gasteiger partial charge in [-0.15, -0.1) is 0 Å². The van der Waals surface area contributed by atoms with Crippen LogP contribution in [0.1, 0.15) is 0 Å². The molecule has 8 heteroatoms. The zero-order valence-corrected chi connectivity index (χ0v) is 7.10. The Kier molecular flexibility index (Phi) is 2.00. The Balaban J connectivity index is 3.20. The summed E-state index contributed by atoms with van der Waals surface area (Å²) in [4.78, 5) is 44.2. The molecule has 1 aliphatic rings. The smallest absolute Gasteiger partial charge is 0.343 e. The summed E-state index contributed by atoms with van der Waals surface area (Å²) < 4.78 is 0. The molecule has 0 aromatic carbocycles. The molecule has 1 atom stereocenters. The highest BCUT2D eigenvalue weighted by molar-refractivity contribution is 6.32. The van der Waals surface area contributed by atoms with E-state index >= 15 is 0 Å². The molecule has 0 aromatic heterocycles. The van der Waals surface area contributed by atoms with Crippen LogP contribution in [0.3, 0.4) is 0 Å². The van der Waals surface area contributed by atoms with Gasteiger partial charge in [-0.3, -0.25) is 25.5 Å². The molecule has 0 spiro atoms. The van der Waals surface area contributed by atoms with Gasteiger partial charge in [0.25, 0.3) is 17.4 Å². The molecule has 1 rings (SSSR count). The van der Waals surface area contributed by atoms with Crippen LogP contribution in [0.15, 0.2) is 0 Å².